The first kappa shape index (κ1) is 6.94. The molecule has 0 aliphatic carbocycles. The van der Waals surface area contributed by atoms with Crippen LogP contribution in [0.1, 0.15) is 0 Å². The molecule has 0 saturated carbocycles. The lowest BCUT2D eigenvalue weighted by Gasteiger charge is -1.98. The van der Waals surface area contributed by atoms with Gasteiger partial charge in [0, 0.05) is 0 Å². The average Bonchev–Trinajstić information content (AvgIpc) is 1.95. The maximum Gasteiger partial charge on any atom is 0.126 e. The van der Waals surface area contributed by atoms with Crippen molar-refractivity contribution in [2.75, 3.05) is 0 Å². The summed E-state index contributed by atoms with van der Waals surface area (Å²) in [5.74, 6) is 0.754. The van der Waals surface area contributed by atoms with E-state index in [1.165, 1.54) is 6.26 Å². The molecule has 0 aromatic heterocycles. The van der Waals surface area contributed by atoms with Gasteiger partial charge >= 0.3 is 0 Å². The van der Waals surface area contributed by atoms with Crippen molar-refractivity contribution in [3.05, 3.63) is 37.1 Å². The van der Waals surface area contributed by atoms with Gasteiger partial charge in [0.1, 0.15) is 13.6 Å². The third-order valence-corrected chi connectivity index (χ3v) is 1.10. The van der Waals surface area contributed by atoms with E-state index in [-0.39, 0.29) is 0 Å². The highest BCUT2D eigenvalue weighted by molar-refractivity contribution is 6.32. The van der Waals surface area contributed by atoms with Crippen molar-refractivity contribution in [3.63, 3.8) is 0 Å². The molecular weight excluding hydrogens is 123 g/mol. The van der Waals surface area contributed by atoms with Crippen LogP contribution in [0.25, 0.3) is 0 Å². The summed E-state index contributed by atoms with van der Waals surface area (Å²) < 4.78 is 4.97. The molecule has 0 aliphatic rings. The third kappa shape index (κ3) is 1.66. The molecule has 10 heavy (non-hydrogen) atoms. The Bertz CT molecular complexity index is 215. The summed E-state index contributed by atoms with van der Waals surface area (Å²) in [6, 6.07) is 7.13. The third-order valence-electron chi connectivity index (χ3n) is 1.10. The van der Waals surface area contributed by atoms with Crippen LogP contribution in [-0.4, -0.2) is 7.85 Å². The Kier molecular flexibility index (Phi) is 2.16. The predicted molar refractivity (Wildman–Crippen MR) is 42.7 cm³/mol. The second-order valence-corrected chi connectivity index (χ2v) is 1.85. The number of benzene rings is 1. The lowest BCUT2D eigenvalue weighted by atomic mass is 9.97. The van der Waals surface area contributed by atoms with Gasteiger partial charge in [-0.05, 0) is 12.1 Å². The van der Waals surface area contributed by atoms with Crippen LogP contribution in [0.4, 0.5) is 0 Å². The fraction of sp³-hybridized carbons (Fsp3) is 0. The van der Waals surface area contributed by atoms with Gasteiger partial charge in [-0.1, -0.05) is 24.2 Å². The molecule has 0 spiro atoms. The molecule has 0 fully saturated rings. The Labute approximate surface area is 61.7 Å². The maximum absolute atomic E-state index is 5.44. The topological polar surface area (TPSA) is 9.23 Å². The molecule has 0 unspecified atom stereocenters. The Balaban J connectivity index is 2.78. The molecule has 0 atom stereocenters. The molecule has 1 rings (SSSR count). The van der Waals surface area contributed by atoms with E-state index in [0.717, 1.165) is 11.2 Å². The van der Waals surface area contributed by atoms with Gasteiger partial charge in [-0.2, -0.15) is 0 Å². The normalized spacial score (nSPS) is 8.80. The van der Waals surface area contributed by atoms with Gasteiger partial charge in [-0.25, -0.2) is 0 Å². The van der Waals surface area contributed by atoms with E-state index in [9.17, 15) is 0 Å². The van der Waals surface area contributed by atoms with Crippen LogP contribution in [0.15, 0.2) is 37.1 Å². The van der Waals surface area contributed by atoms with Crippen LogP contribution in [0.3, 0.4) is 0 Å². The first-order valence-electron chi connectivity index (χ1n) is 2.96. The number of hydrogen-bond donors (Lipinski definition) is 0. The van der Waals surface area contributed by atoms with E-state index in [2.05, 4.69) is 6.58 Å². The highest BCUT2D eigenvalue weighted by Crippen LogP contribution is 2.06. The van der Waals surface area contributed by atoms with E-state index in [1.807, 2.05) is 0 Å². The molecule has 48 valence electrons. The van der Waals surface area contributed by atoms with Gasteiger partial charge in [0.2, 0.25) is 0 Å². The van der Waals surface area contributed by atoms with Crippen molar-refractivity contribution in [1.82, 2.24) is 0 Å². The van der Waals surface area contributed by atoms with Gasteiger partial charge < -0.3 is 4.74 Å². The maximum atomic E-state index is 5.44. The lowest BCUT2D eigenvalue weighted by Crippen LogP contribution is -1.98. The van der Waals surface area contributed by atoms with E-state index >= 15 is 0 Å². The van der Waals surface area contributed by atoms with Gasteiger partial charge in [-0.15, -0.1) is 0 Å². The van der Waals surface area contributed by atoms with Crippen LogP contribution in [0.2, 0.25) is 0 Å². The Morgan fingerprint density at radius 3 is 2.40 bits per heavy atom. The average molecular weight is 130 g/mol. The van der Waals surface area contributed by atoms with Gasteiger partial charge in [0.15, 0.2) is 0 Å². The summed E-state index contributed by atoms with van der Waals surface area (Å²) in [5.41, 5.74) is 0.733. The summed E-state index contributed by atoms with van der Waals surface area (Å²) in [5, 5.41) is 0. The van der Waals surface area contributed by atoms with Gasteiger partial charge in [-0.3, -0.25) is 0 Å². The Morgan fingerprint density at radius 1 is 1.30 bits per heavy atom. The smallest absolute Gasteiger partial charge is 0.126 e. The van der Waals surface area contributed by atoms with Crippen LogP contribution in [0.5, 0.6) is 5.75 Å². The number of ether oxygens (including phenoxy) is 1. The van der Waals surface area contributed by atoms with Crippen molar-refractivity contribution in [1.29, 1.82) is 0 Å². The minimum atomic E-state index is 0.733. The first-order chi connectivity index (χ1) is 4.83. The van der Waals surface area contributed by atoms with Crippen molar-refractivity contribution < 1.29 is 4.74 Å². The zero-order valence-corrected chi connectivity index (χ0v) is 5.58. The minimum Gasteiger partial charge on any atom is -0.466 e. The summed E-state index contributed by atoms with van der Waals surface area (Å²) >= 11 is 0. The van der Waals surface area contributed by atoms with E-state index < -0.39 is 0 Å². The predicted octanol–water partition coefficient (Wildman–Crippen LogP) is 1.00. The molecule has 0 saturated heterocycles. The van der Waals surface area contributed by atoms with E-state index in [1.54, 1.807) is 24.3 Å². The molecule has 2 heteroatoms. The quantitative estimate of drug-likeness (QED) is 0.428. The van der Waals surface area contributed by atoms with Crippen LogP contribution >= 0.6 is 0 Å². The van der Waals surface area contributed by atoms with E-state index in [4.69, 9.17) is 12.6 Å². The van der Waals surface area contributed by atoms with Crippen molar-refractivity contribution in [3.8, 4) is 5.75 Å². The molecule has 0 bridgehead atoms. The molecule has 1 nitrogen and oxygen atoms in total. The van der Waals surface area contributed by atoms with Crippen molar-refractivity contribution >= 4 is 13.3 Å². The SMILES string of the molecule is [B]c1ccc(OC=C)cc1. The molecule has 0 aliphatic heterocycles. The molecule has 2 radical (unpaired) electrons. The van der Waals surface area contributed by atoms with Crippen molar-refractivity contribution in [2.24, 2.45) is 0 Å². The molecule has 1 aromatic rings. The highest BCUT2D eigenvalue weighted by atomic mass is 16.5. The van der Waals surface area contributed by atoms with Crippen LogP contribution in [0, 0.1) is 0 Å². The minimum absolute atomic E-state index is 0.733. The second-order valence-electron chi connectivity index (χ2n) is 1.85. The monoisotopic (exact) mass is 130 g/mol. The zero-order valence-electron chi connectivity index (χ0n) is 5.58. The second kappa shape index (κ2) is 3.11. The first-order valence-corrected chi connectivity index (χ1v) is 2.96. The number of rotatable bonds is 2. The molecule has 1 aromatic carbocycles. The lowest BCUT2D eigenvalue weighted by molar-refractivity contribution is 0.483. The largest absolute Gasteiger partial charge is 0.466 e. The Hall–Kier alpha value is -1.18. The van der Waals surface area contributed by atoms with Gasteiger partial charge in [0.25, 0.3) is 0 Å². The molecular formula is C8H7BO. The fourth-order valence-electron chi connectivity index (χ4n) is 0.643. The van der Waals surface area contributed by atoms with E-state index in [0.29, 0.717) is 0 Å². The standard InChI is InChI=1S/C8H7BO/c1-2-10-8-5-3-7(9)4-6-8/h2-6H,1H2. The summed E-state index contributed by atoms with van der Waals surface area (Å²) in [7, 11) is 5.44. The summed E-state index contributed by atoms with van der Waals surface area (Å²) in [6.45, 7) is 3.42. The fourth-order valence-corrected chi connectivity index (χ4v) is 0.643. The molecule has 0 N–H and O–H groups in total. The number of hydrogen-bond acceptors (Lipinski definition) is 1. The zero-order chi connectivity index (χ0) is 7.40. The van der Waals surface area contributed by atoms with Gasteiger partial charge in [0.05, 0.1) is 6.26 Å². The van der Waals surface area contributed by atoms with Crippen LogP contribution < -0.4 is 10.2 Å². The highest BCUT2D eigenvalue weighted by Gasteiger charge is 1.86. The molecule has 0 amide bonds. The van der Waals surface area contributed by atoms with Crippen LogP contribution in [-0.2, 0) is 0 Å². The summed E-state index contributed by atoms with van der Waals surface area (Å²) in [4.78, 5) is 0. The summed E-state index contributed by atoms with van der Waals surface area (Å²) in [6.07, 6.45) is 1.38. The van der Waals surface area contributed by atoms with Crippen molar-refractivity contribution in [2.45, 2.75) is 0 Å². The molecule has 0 heterocycles. The Morgan fingerprint density at radius 2 is 1.90 bits per heavy atom.